The topological polar surface area (TPSA) is 105 Å². The molecule has 0 bridgehead atoms. The summed E-state index contributed by atoms with van der Waals surface area (Å²) < 4.78 is 23.6. The van der Waals surface area contributed by atoms with Gasteiger partial charge in [0, 0.05) is 6.42 Å². The third-order valence-electron chi connectivity index (χ3n) is 11.5. The molecule has 0 rings (SSSR count). The van der Waals surface area contributed by atoms with E-state index in [1.54, 1.807) is 6.08 Å². The summed E-state index contributed by atoms with van der Waals surface area (Å²) in [4.78, 5) is 23.2. The molecule has 0 radical (unpaired) electrons. The summed E-state index contributed by atoms with van der Waals surface area (Å²) in [7, 11) is 1.55. The van der Waals surface area contributed by atoms with Crippen LogP contribution in [0.15, 0.2) is 48.6 Å². The average molecular weight is 894 g/mol. The van der Waals surface area contributed by atoms with Gasteiger partial charge >= 0.3 is 7.82 Å². The first-order valence-electron chi connectivity index (χ1n) is 26.0. The highest BCUT2D eigenvalue weighted by Gasteiger charge is 2.27. The smallest absolute Gasteiger partial charge is 0.387 e. The van der Waals surface area contributed by atoms with E-state index >= 15 is 0 Å². The number of carbonyl (C=O) groups excluding carboxylic acids is 1. The van der Waals surface area contributed by atoms with Crippen LogP contribution >= 0.6 is 7.82 Å². The molecule has 8 nitrogen and oxygen atoms in total. The van der Waals surface area contributed by atoms with Gasteiger partial charge < -0.3 is 19.8 Å². The van der Waals surface area contributed by atoms with Gasteiger partial charge in [-0.15, -0.1) is 0 Å². The summed E-state index contributed by atoms with van der Waals surface area (Å²) in [5, 5.41) is 13.8. The quantitative estimate of drug-likeness (QED) is 0.0243. The molecule has 3 atom stereocenters. The molecule has 0 aromatic rings. The highest BCUT2D eigenvalue weighted by atomic mass is 31.2. The van der Waals surface area contributed by atoms with E-state index in [-0.39, 0.29) is 19.1 Å². The Labute approximate surface area is 384 Å². The van der Waals surface area contributed by atoms with E-state index in [2.05, 4.69) is 55.6 Å². The summed E-state index contributed by atoms with van der Waals surface area (Å²) in [5.41, 5.74) is 0. The standard InChI is InChI=1S/C53H101N2O6P/c1-6-8-10-12-14-16-18-20-22-23-24-25-26-27-28-29-30-31-33-35-37-39-41-43-45-47-53(57)54-51(50-61-62(58,59)60-49-48-55(3,4)5)52(56)46-44-42-40-38-36-34-32-21-19-17-15-13-11-9-7-2/h19,21,23-24,36,38,44,46,51-52,56H,6-18,20,22,25-35,37,39-43,45,47-50H2,1-5H3,(H-,54,57,58,59)/p+1/b21-19+,24-23-,38-36+,46-44+. The van der Waals surface area contributed by atoms with Gasteiger partial charge in [-0.05, 0) is 70.6 Å². The number of carbonyl (C=O) groups is 1. The molecule has 0 fully saturated rings. The molecule has 0 saturated heterocycles. The van der Waals surface area contributed by atoms with Crippen molar-refractivity contribution in [3.05, 3.63) is 48.6 Å². The normalized spacial score (nSPS) is 14.5. The number of quaternary nitrogens is 1. The minimum Gasteiger partial charge on any atom is -0.387 e. The Morgan fingerprint density at radius 1 is 0.532 bits per heavy atom. The third-order valence-corrected chi connectivity index (χ3v) is 12.5. The van der Waals surface area contributed by atoms with E-state index in [0.29, 0.717) is 17.4 Å². The lowest BCUT2D eigenvalue weighted by Crippen LogP contribution is -2.45. The number of rotatable bonds is 47. The Bertz CT molecular complexity index is 1150. The molecule has 0 aromatic carbocycles. The summed E-state index contributed by atoms with van der Waals surface area (Å²) >= 11 is 0. The number of aliphatic hydroxyl groups is 1. The molecule has 9 heteroatoms. The number of unbranched alkanes of at least 4 members (excludes halogenated alkanes) is 28. The Balaban J connectivity index is 4.26. The monoisotopic (exact) mass is 894 g/mol. The molecule has 0 aliphatic carbocycles. The first-order valence-corrected chi connectivity index (χ1v) is 27.5. The van der Waals surface area contributed by atoms with Gasteiger partial charge in [0.25, 0.3) is 0 Å². The maximum Gasteiger partial charge on any atom is 0.472 e. The van der Waals surface area contributed by atoms with E-state index in [1.807, 2.05) is 27.2 Å². The molecule has 364 valence electrons. The molecule has 3 unspecified atom stereocenters. The fraction of sp³-hybridized carbons (Fsp3) is 0.830. The van der Waals surface area contributed by atoms with Crippen molar-refractivity contribution in [2.24, 2.45) is 0 Å². The number of nitrogens with zero attached hydrogens (tertiary/aromatic N) is 1. The van der Waals surface area contributed by atoms with Crippen molar-refractivity contribution in [1.29, 1.82) is 0 Å². The summed E-state index contributed by atoms with van der Waals surface area (Å²) in [6.45, 7) is 4.78. The Morgan fingerprint density at radius 2 is 0.887 bits per heavy atom. The van der Waals surface area contributed by atoms with E-state index < -0.39 is 20.0 Å². The van der Waals surface area contributed by atoms with Gasteiger partial charge in [0.15, 0.2) is 0 Å². The number of amides is 1. The Morgan fingerprint density at radius 3 is 1.29 bits per heavy atom. The first-order chi connectivity index (χ1) is 30.0. The molecule has 0 spiro atoms. The summed E-state index contributed by atoms with van der Waals surface area (Å²) in [5.74, 6) is -0.191. The molecule has 0 aromatic heterocycles. The number of hydrogen-bond donors (Lipinski definition) is 3. The van der Waals surface area contributed by atoms with Gasteiger partial charge in [0.2, 0.25) is 5.91 Å². The lowest BCUT2D eigenvalue weighted by molar-refractivity contribution is -0.870. The molecule has 0 heterocycles. The summed E-state index contributed by atoms with van der Waals surface area (Å²) in [6, 6.07) is -0.869. The van der Waals surface area contributed by atoms with Crippen LogP contribution in [0.25, 0.3) is 0 Å². The zero-order valence-electron chi connectivity index (χ0n) is 41.4. The van der Waals surface area contributed by atoms with Gasteiger partial charge in [0.1, 0.15) is 13.2 Å². The van der Waals surface area contributed by atoms with Crippen molar-refractivity contribution in [1.82, 2.24) is 5.32 Å². The number of phosphoric ester groups is 1. The number of phosphoric acid groups is 1. The first kappa shape index (κ1) is 60.5. The van der Waals surface area contributed by atoms with Crippen LogP contribution < -0.4 is 5.32 Å². The fourth-order valence-electron chi connectivity index (χ4n) is 7.36. The molecule has 0 aliphatic rings. The van der Waals surface area contributed by atoms with Crippen molar-refractivity contribution in [2.75, 3.05) is 40.9 Å². The second-order valence-electron chi connectivity index (χ2n) is 18.9. The zero-order valence-corrected chi connectivity index (χ0v) is 42.3. The Kier molecular flexibility index (Phi) is 43.5. The maximum absolute atomic E-state index is 12.9. The second-order valence-corrected chi connectivity index (χ2v) is 20.3. The SMILES string of the molecule is CCCCCCC/C=C/CC/C=C/CC/C=C/C(O)C(COP(=O)(O)OCC[N+](C)(C)C)NC(=O)CCCCCCCCCCCCCCC/C=C\CCCCCCCCCC. The Hall–Kier alpha value is -1.54. The van der Waals surface area contributed by atoms with Crippen LogP contribution in [0, 0.1) is 0 Å². The zero-order chi connectivity index (χ0) is 45.7. The van der Waals surface area contributed by atoms with Gasteiger partial charge in [-0.1, -0.05) is 204 Å². The van der Waals surface area contributed by atoms with Crippen LogP contribution in [0.5, 0.6) is 0 Å². The summed E-state index contributed by atoms with van der Waals surface area (Å²) in [6.07, 6.45) is 57.7. The van der Waals surface area contributed by atoms with Gasteiger partial charge in [-0.25, -0.2) is 4.57 Å². The molecular formula is C53H102N2O6P+. The van der Waals surface area contributed by atoms with Crippen molar-refractivity contribution in [2.45, 2.75) is 244 Å². The maximum atomic E-state index is 12.9. The van der Waals surface area contributed by atoms with Crippen LogP contribution in [-0.2, 0) is 18.4 Å². The average Bonchev–Trinajstić information content (AvgIpc) is 3.23. The van der Waals surface area contributed by atoms with E-state index in [0.717, 1.165) is 44.9 Å². The molecule has 0 aliphatic heterocycles. The molecule has 3 N–H and O–H groups in total. The highest BCUT2D eigenvalue weighted by molar-refractivity contribution is 7.47. The number of aliphatic hydroxyl groups excluding tert-OH is 1. The minimum atomic E-state index is -4.35. The molecule has 0 saturated carbocycles. The second kappa shape index (κ2) is 44.7. The minimum absolute atomic E-state index is 0.0532. The predicted molar refractivity (Wildman–Crippen MR) is 267 cm³/mol. The number of nitrogens with one attached hydrogen (secondary N) is 1. The third kappa shape index (κ3) is 46.5. The van der Waals surface area contributed by atoms with Crippen molar-refractivity contribution >= 4 is 13.7 Å². The lowest BCUT2D eigenvalue weighted by atomic mass is 10.0. The van der Waals surface area contributed by atoms with Crippen molar-refractivity contribution in [3.8, 4) is 0 Å². The lowest BCUT2D eigenvalue weighted by Gasteiger charge is -2.25. The van der Waals surface area contributed by atoms with E-state index in [4.69, 9.17) is 9.05 Å². The molecular weight excluding hydrogens is 792 g/mol. The number of likely N-dealkylation sites (N-methyl/N-ethyl adjacent to an activating group) is 1. The van der Waals surface area contributed by atoms with Crippen molar-refractivity contribution in [3.63, 3.8) is 0 Å². The van der Waals surface area contributed by atoms with Crippen LogP contribution in [0.1, 0.15) is 232 Å². The van der Waals surface area contributed by atoms with Crippen LogP contribution in [0.4, 0.5) is 0 Å². The fourth-order valence-corrected chi connectivity index (χ4v) is 8.10. The van der Waals surface area contributed by atoms with Gasteiger partial charge in [-0.3, -0.25) is 13.8 Å². The van der Waals surface area contributed by atoms with E-state index in [1.165, 1.54) is 167 Å². The number of hydrogen-bond acceptors (Lipinski definition) is 5. The van der Waals surface area contributed by atoms with Gasteiger partial charge in [0.05, 0.1) is 39.9 Å². The van der Waals surface area contributed by atoms with Gasteiger partial charge in [-0.2, -0.15) is 0 Å². The molecule has 1 amide bonds. The highest BCUT2D eigenvalue weighted by Crippen LogP contribution is 2.43. The van der Waals surface area contributed by atoms with Crippen LogP contribution in [0.2, 0.25) is 0 Å². The predicted octanol–water partition coefficient (Wildman–Crippen LogP) is 15.2. The van der Waals surface area contributed by atoms with Crippen molar-refractivity contribution < 1.29 is 32.9 Å². The van der Waals surface area contributed by atoms with Crippen LogP contribution in [0.3, 0.4) is 0 Å². The molecule has 62 heavy (non-hydrogen) atoms. The van der Waals surface area contributed by atoms with E-state index in [9.17, 15) is 19.4 Å². The number of allylic oxidation sites excluding steroid dienone is 7. The van der Waals surface area contributed by atoms with Crippen LogP contribution in [-0.4, -0.2) is 73.4 Å². The largest absolute Gasteiger partial charge is 0.472 e.